The molecule has 0 saturated heterocycles. The van der Waals surface area contributed by atoms with Crippen molar-refractivity contribution < 1.29 is 28.6 Å². The highest BCUT2D eigenvalue weighted by Gasteiger charge is 2.13. The number of amides is 2. The fourth-order valence-corrected chi connectivity index (χ4v) is 2.85. The number of aliphatic hydroxyl groups excluding tert-OH is 1. The first kappa shape index (κ1) is 26.4. The van der Waals surface area contributed by atoms with Gasteiger partial charge in [0.05, 0.1) is 11.1 Å². The molecule has 0 heterocycles. The van der Waals surface area contributed by atoms with Gasteiger partial charge in [0, 0.05) is 19.2 Å². The Morgan fingerprint density at radius 1 is 1.00 bits per heavy atom. The van der Waals surface area contributed by atoms with E-state index in [1.54, 1.807) is 0 Å². The Labute approximate surface area is 198 Å². The van der Waals surface area contributed by atoms with E-state index in [1.165, 1.54) is 17.7 Å². The molecule has 0 aliphatic carbocycles. The van der Waals surface area contributed by atoms with Crippen LogP contribution in [0.5, 0.6) is 11.5 Å². The SMILES string of the molecule is CC(C)(C)c1ccc(OCC(=O)NCC[C@H](O)CNC(=O)COc2ccc(Cl)c(F)c2)cc1. The standard InChI is InChI=1S/C24H30ClFN2O5/c1-24(2,3)16-4-6-18(7-5-16)32-14-22(30)27-11-10-17(29)13-28-23(31)15-33-19-8-9-20(25)21(26)12-19/h4-9,12,17,29H,10-11,13-15H2,1-3H3,(H,27,30)(H,28,31)/t17-/m0/s1. The lowest BCUT2D eigenvalue weighted by Gasteiger charge is -2.19. The molecule has 0 spiro atoms. The van der Waals surface area contributed by atoms with E-state index in [9.17, 15) is 19.1 Å². The highest BCUT2D eigenvalue weighted by atomic mass is 35.5. The van der Waals surface area contributed by atoms with E-state index in [-0.39, 0.29) is 54.8 Å². The third-order valence-corrected chi connectivity index (χ3v) is 4.99. The summed E-state index contributed by atoms with van der Waals surface area (Å²) in [6.45, 7) is 6.10. The van der Waals surface area contributed by atoms with Gasteiger partial charge in [-0.3, -0.25) is 9.59 Å². The Morgan fingerprint density at radius 3 is 2.18 bits per heavy atom. The maximum absolute atomic E-state index is 13.3. The molecule has 0 bridgehead atoms. The Balaban J connectivity index is 1.58. The number of nitrogens with one attached hydrogen (secondary N) is 2. The molecule has 9 heteroatoms. The number of hydrogen-bond acceptors (Lipinski definition) is 5. The van der Waals surface area contributed by atoms with Gasteiger partial charge in [0.25, 0.3) is 11.8 Å². The number of ether oxygens (including phenoxy) is 2. The molecule has 0 unspecified atom stereocenters. The first-order chi connectivity index (χ1) is 15.5. The van der Waals surface area contributed by atoms with E-state index in [0.717, 1.165) is 6.07 Å². The minimum atomic E-state index is -0.854. The molecule has 1 atom stereocenters. The summed E-state index contributed by atoms with van der Waals surface area (Å²) in [6.07, 6.45) is -0.608. The van der Waals surface area contributed by atoms with Crippen LogP contribution in [0, 0.1) is 5.82 Å². The van der Waals surface area contributed by atoms with Crippen molar-refractivity contribution in [1.82, 2.24) is 10.6 Å². The molecule has 2 amide bonds. The number of benzene rings is 2. The molecule has 2 aromatic rings. The van der Waals surface area contributed by atoms with Crippen molar-refractivity contribution in [2.45, 2.75) is 38.7 Å². The van der Waals surface area contributed by atoms with Crippen LogP contribution in [-0.2, 0) is 15.0 Å². The van der Waals surface area contributed by atoms with Crippen LogP contribution in [0.1, 0.15) is 32.8 Å². The van der Waals surface area contributed by atoms with E-state index in [1.807, 2.05) is 24.3 Å². The normalized spacial score (nSPS) is 12.1. The van der Waals surface area contributed by atoms with Crippen LogP contribution in [0.4, 0.5) is 4.39 Å². The molecule has 0 saturated carbocycles. The Morgan fingerprint density at radius 2 is 1.58 bits per heavy atom. The van der Waals surface area contributed by atoms with Crippen LogP contribution < -0.4 is 20.1 Å². The Kier molecular flexibility index (Phi) is 9.94. The lowest BCUT2D eigenvalue weighted by atomic mass is 9.87. The quantitative estimate of drug-likeness (QED) is 0.459. The zero-order chi connectivity index (χ0) is 24.4. The molecular weight excluding hydrogens is 451 g/mol. The van der Waals surface area contributed by atoms with Crippen LogP contribution >= 0.6 is 11.6 Å². The monoisotopic (exact) mass is 480 g/mol. The zero-order valence-electron chi connectivity index (χ0n) is 19.0. The van der Waals surface area contributed by atoms with Crippen LogP contribution in [0.25, 0.3) is 0 Å². The number of aliphatic hydroxyl groups is 1. The average molecular weight is 481 g/mol. The van der Waals surface area contributed by atoms with Crippen molar-refractivity contribution in [1.29, 1.82) is 0 Å². The van der Waals surface area contributed by atoms with E-state index in [2.05, 4.69) is 31.4 Å². The molecule has 7 nitrogen and oxygen atoms in total. The molecular formula is C24H30ClFN2O5. The molecule has 180 valence electrons. The molecule has 0 fully saturated rings. The summed E-state index contributed by atoms with van der Waals surface area (Å²) in [7, 11) is 0. The molecule has 33 heavy (non-hydrogen) atoms. The van der Waals surface area contributed by atoms with Gasteiger partial charge in [-0.2, -0.15) is 0 Å². The second-order valence-electron chi connectivity index (χ2n) is 8.52. The van der Waals surface area contributed by atoms with E-state index in [0.29, 0.717) is 5.75 Å². The molecule has 0 aromatic heterocycles. The van der Waals surface area contributed by atoms with Gasteiger partial charge in [-0.25, -0.2) is 4.39 Å². The Bertz CT molecular complexity index is 931. The highest BCUT2D eigenvalue weighted by molar-refractivity contribution is 6.30. The molecule has 2 rings (SSSR count). The number of rotatable bonds is 11. The minimum Gasteiger partial charge on any atom is -0.484 e. The van der Waals surface area contributed by atoms with Gasteiger partial charge >= 0.3 is 0 Å². The summed E-state index contributed by atoms with van der Waals surface area (Å²) in [4.78, 5) is 23.7. The number of halogens is 2. The van der Waals surface area contributed by atoms with E-state index in [4.69, 9.17) is 21.1 Å². The smallest absolute Gasteiger partial charge is 0.258 e. The van der Waals surface area contributed by atoms with Crippen molar-refractivity contribution in [2.24, 2.45) is 0 Å². The number of carbonyl (C=O) groups excluding carboxylic acids is 2. The summed E-state index contributed by atoms with van der Waals surface area (Å²) in [5.74, 6) is -0.655. The van der Waals surface area contributed by atoms with Crippen molar-refractivity contribution in [2.75, 3.05) is 26.3 Å². The molecule has 3 N–H and O–H groups in total. The van der Waals surface area contributed by atoms with Crippen molar-refractivity contribution >= 4 is 23.4 Å². The molecule has 2 aromatic carbocycles. The van der Waals surface area contributed by atoms with Crippen LogP contribution in [-0.4, -0.2) is 49.3 Å². The zero-order valence-corrected chi connectivity index (χ0v) is 19.7. The molecule has 0 aliphatic heterocycles. The summed E-state index contributed by atoms with van der Waals surface area (Å²) in [5, 5.41) is 15.1. The fourth-order valence-electron chi connectivity index (χ4n) is 2.73. The first-order valence-corrected chi connectivity index (χ1v) is 10.9. The van der Waals surface area contributed by atoms with Crippen molar-refractivity contribution in [3.05, 3.63) is 58.9 Å². The Hall–Kier alpha value is -2.84. The lowest BCUT2D eigenvalue weighted by molar-refractivity contribution is -0.124. The van der Waals surface area contributed by atoms with Gasteiger partial charge in [-0.15, -0.1) is 0 Å². The van der Waals surface area contributed by atoms with Crippen molar-refractivity contribution in [3.63, 3.8) is 0 Å². The van der Waals surface area contributed by atoms with Gasteiger partial charge < -0.3 is 25.2 Å². The van der Waals surface area contributed by atoms with Crippen molar-refractivity contribution in [3.8, 4) is 11.5 Å². The van der Waals surface area contributed by atoms with Gasteiger partial charge in [-0.1, -0.05) is 44.5 Å². The largest absolute Gasteiger partial charge is 0.484 e. The van der Waals surface area contributed by atoms with Gasteiger partial charge in [0.15, 0.2) is 13.2 Å². The number of hydrogen-bond donors (Lipinski definition) is 3. The minimum absolute atomic E-state index is 0.0102. The third-order valence-electron chi connectivity index (χ3n) is 4.69. The third kappa shape index (κ3) is 9.67. The predicted molar refractivity (Wildman–Crippen MR) is 124 cm³/mol. The van der Waals surface area contributed by atoms with Crippen LogP contribution in [0.2, 0.25) is 5.02 Å². The maximum Gasteiger partial charge on any atom is 0.258 e. The predicted octanol–water partition coefficient (Wildman–Crippen LogP) is 3.22. The average Bonchev–Trinajstić information content (AvgIpc) is 2.76. The topological polar surface area (TPSA) is 96.9 Å². The summed E-state index contributed by atoms with van der Waals surface area (Å²) in [6, 6.07) is 11.4. The number of carbonyl (C=O) groups is 2. The van der Waals surface area contributed by atoms with Crippen LogP contribution in [0.15, 0.2) is 42.5 Å². The fraction of sp³-hybridized carbons (Fsp3) is 0.417. The van der Waals surface area contributed by atoms with E-state index >= 15 is 0 Å². The summed E-state index contributed by atoms with van der Waals surface area (Å²) < 4.78 is 24.0. The molecule has 0 aliphatic rings. The van der Waals surface area contributed by atoms with E-state index < -0.39 is 17.8 Å². The highest BCUT2D eigenvalue weighted by Crippen LogP contribution is 2.24. The lowest BCUT2D eigenvalue weighted by Crippen LogP contribution is -2.37. The van der Waals surface area contributed by atoms with Gasteiger partial charge in [0.2, 0.25) is 0 Å². The second kappa shape index (κ2) is 12.4. The second-order valence-corrected chi connectivity index (χ2v) is 8.93. The first-order valence-electron chi connectivity index (χ1n) is 10.6. The summed E-state index contributed by atoms with van der Waals surface area (Å²) >= 11 is 5.58. The molecule has 0 radical (unpaired) electrons. The van der Waals surface area contributed by atoms with Gasteiger partial charge in [-0.05, 0) is 41.7 Å². The maximum atomic E-state index is 13.3. The van der Waals surface area contributed by atoms with Gasteiger partial charge in [0.1, 0.15) is 17.3 Å². The summed E-state index contributed by atoms with van der Waals surface area (Å²) in [5.41, 5.74) is 1.21. The van der Waals surface area contributed by atoms with Crippen LogP contribution in [0.3, 0.4) is 0 Å².